The van der Waals surface area contributed by atoms with Gasteiger partial charge < -0.3 is 14.2 Å². The minimum Gasteiger partial charge on any atom is -0.495 e. The molecule has 0 amide bonds. The Hall–Kier alpha value is -2.53. The van der Waals surface area contributed by atoms with E-state index in [-0.39, 0.29) is 19.0 Å². The maximum atomic E-state index is 12.0. The van der Waals surface area contributed by atoms with E-state index in [1.807, 2.05) is 26.0 Å². The Morgan fingerprint density at radius 2 is 1.72 bits per heavy atom. The molecule has 0 radical (unpaired) electrons. The number of carbonyl (C=O) groups excluding carboxylic acids is 2. The lowest BCUT2D eigenvalue weighted by atomic mass is 10.1. The quantitative estimate of drug-likeness (QED) is 0.554. The summed E-state index contributed by atoms with van der Waals surface area (Å²) in [6, 6.07) is 10.3. The van der Waals surface area contributed by atoms with E-state index in [2.05, 4.69) is 0 Å². The van der Waals surface area contributed by atoms with Gasteiger partial charge in [0.25, 0.3) is 0 Å². The van der Waals surface area contributed by atoms with Gasteiger partial charge in [0, 0.05) is 5.56 Å². The second kappa shape index (κ2) is 8.53. The van der Waals surface area contributed by atoms with Gasteiger partial charge in [-0.25, -0.2) is 4.79 Å². The largest absolute Gasteiger partial charge is 0.495 e. The second-order valence-electron chi connectivity index (χ2n) is 5.49. The lowest BCUT2D eigenvalue weighted by Crippen LogP contribution is -2.19. The molecule has 0 aliphatic carbocycles. The summed E-state index contributed by atoms with van der Waals surface area (Å²) in [6.07, 6.45) is 0. The van der Waals surface area contributed by atoms with Gasteiger partial charge in [-0.05, 0) is 43.7 Å². The summed E-state index contributed by atoms with van der Waals surface area (Å²) in [5.74, 6) is 0.102. The van der Waals surface area contributed by atoms with Crippen LogP contribution in [0.5, 0.6) is 11.5 Å². The highest BCUT2D eigenvalue weighted by molar-refractivity contribution is 6.32. The molecular formula is C19H19ClO5. The van der Waals surface area contributed by atoms with Gasteiger partial charge in [0.05, 0.1) is 12.1 Å². The van der Waals surface area contributed by atoms with Crippen LogP contribution in [-0.4, -0.2) is 32.1 Å². The first-order chi connectivity index (χ1) is 11.9. The molecule has 0 bridgehead atoms. The Morgan fingerprint density at radius 1 is 1.00 bits per heavy atom. The minimum atomic E-state index is -0.618. The van der Waals surface area contributed by atoms with Crippen molar-refractivity contribution in [3.8, 4) is 11.5 Å². The standard InChI is InChI=1S/C19H19ClO5/c1-12-4-6-17(13(2)8-12)24-11-19(22)25-10-16(21)14-5-7-18(23-3)15(20)9-14/h4-9H,10-11H2,1-3H3. The number of aryl methyl sites for hydroxylation is 2. The molecule has 0 unspecified atom stereocenters. The summed E-state index contributed by atoms with van der Waals surface area (Å²) < 4.78 is 15.4. The number of ketones is 1. The van der Waals surface area contributed by atoms with Crippen LogP contribution in [0.1, 0.15) is 21.5 Å². The molecule has 0 saturated carbocycles. The van der Waals surface area contributed by atoms with Gasteiger partial charge in [-0.15, -0.1) is 0 Å². The Balaban J connectivity index is 1.85. The van der Waals surface area contributed by atoms with Crippen molar-refractivity contribution in [2.75, 3.05) is 20.3 Å². The first-order valence-electron chi connectivity index (χ1n) is 7.63. The summed E-state index contributed by atoms with van der Waals surface area (Å²) in [4.78, 5) is 23.8. The minimum absolute atomic E-state index is 0.263. The molecule has 6 heteroatoms. The zero-order valence-corrected chi connectivity index (χ0v) is 15.1. The van der Waals surface area contributed by atoms with Crippen LogP contribution in [-0.2, 0) is 9.53 Å². The molecule has 0 aliphatic heterocycles. The van der Waals surface area contributed by atoms with Crippen molar-refractivity contribution in [1.29, 1.82) is 0 Å². The van der Waals surface area contributed by atoms with Crippen molar-refractivity contribution in [2.24, 2.45) is 0 Å². The zero-order chi connectivity index (χ0) is 18.4. The molecule has 0 atom stereocenters. The topological polar surface area (TPSA) is 61.8 Å². The van der Waals surface area contributed by atoms with E-state index in [1.165, 1.54) is 13.2 Å². The molecule has 132 valence electrons. The molecule has 25 heavy (non-hydrogen) atoms. The maximum Gasteiger partial charge on any atom is 0.344 e. The summed E-state index contributed by atoms with van der Waals surface area (Å²) >= 11 is 5.97. The number of halogens is 1. The third kappa shape index (κ3) is 5.22. The fraction of sp³-hybridized carbons (Fsp3) is 0.263. The number of rotatable bonds is 7. The number of methoxy groups -OCH3 is 1. The number of ether oxygens (including phenoxy) is 3. The Labute approximate surface area is 151 Å². The van der Waals surface area contributed by atoms with E-state index >= 15 is 0 Å². The van der Waals surface area contributed by atoms with Gasteiger partial charge in [-0.1, -0.05) is 29.3 Å². The molecule has 0 heterocycles. The maximum absolute atomic E-state index is 12.0. The fourth-order valence-corrected chi connectivity index (χ4v) is 2.47. The number of Topliss-reactive ketones (excluding diaryl/α,β-unsaturated/α-hetero) is 1. The van der Waals surface area contributed by atoms with E-state index in [0.717, 1.165) is 11.1 Å². The van der Waals surface area contributed by atoms with Crippen LogP contribution >= 0.6 is 11.6 Å². The van der Waals surface area contributed by atoms with E-state index in [9.17, 15) is 9.59 Å². The molecule has 2 aromatic rings. The van der Waals surface area contributed by atoms with Crippen LogP contribution in [0.3, 0.4) is 0 Å². The molecule has 2 rings (SSSR count). The average Bonchev–Trinajstić information content (AvgIpc) is 2.58. The lowest BCUT2D eigenvalue weighted by Gasteiger charge is -2.10. The predicted molar refractivity (Wildman–Crippen MR) is 94.7 cm³/mol. The predicted octanol–water partition coefficient (Wildman–Crippen LogP) is 3.77. The Bertz CT molecular complexity index is 785. The summed E-state index contributed by atoms with van der Waals surface area (Å²) in [6.45, 7) is 3.23. The highest BCUT2D eigenvalue weighted by atomic mass is 35.5. The third-order valence-electron chi connectivity index (χ3n) is 3.51. The highest BCUT2D eigenvalue weighted by Gasteiger charge is 2.13. The van der Waals surface area contributed by atoms with E-state index < -0.39 is 5.97 Å². The number of carbonyl (C=O) groups is 2. The van der Waals surface area contributed by atoms with Crippen LogP contribution in [0.15, 0.2) is 36.4 Å². The molecule has 2 aromatic carbocycles. The number of hydrogen-bond acceptors (Lipinski definition) is 5. The van der Waals surface area contributed by atoms with Gasteiger partial charge in [-0.2, -0.15) is 0 Å². The second-order valence-corrected chi connectivity index (χ2v) is 5.90. The van der Waals surface area contributed by atoms with Crippen LogP contribution < -0.4 is 9.47 Å². The first-order valence-corrected chi connectivity index (χ1v) is 8.01. The van der Waals surface area contributed by atoms with E-state index in [1.54, 1.807) is 18.2 Å². The molecular weight excluding hydrogens is 344 g/mol. The van der Waals surface area contributed by atoms with Crippen LogP contribution in [0.4, 0.5) is 0 Å². The fourth-order valence-electron chi connectivity index (χ4n) is 2.21. The molecule has 0 aliphatic rings. The van der Waals surface area contributed by atoms with Crippen molar-refractivity contribution < 1.29 is 23.8 Å². The molecule has 0 spiro atoms. The van der Waals surface area contributed by atoms with Crippen LogP contribution in [0, 0.1) is 13.8 Å². The normalized spacial score (nSPS) is 10.2. The Morgan fingerprint density at radius 3 is 2.36 bits per heavy atom. The van der Waals surface area contributed by atoms with Crippen molar-refractivity contribution in [2.45, 2.75) is 13.8 Å². The van der Waals surface area contributed by atoms with E-state index in [4.69, 9.17) is 25.8 Å². The van der Waals surface area contributed by atoms with Gasteiger partial charge >= 0.3 is 5.97 Å². The van der Waals surface area contributed by atoms with Crippen molar-refractivity contribution in [3.63, 3.8) is 0 Å². The van der Waals surface area contributed by atoms with Crippen molar-refractivity contribution in [1.82, 2.24) is 0 Å². The van der Waals surface area contributed by atoms with Gasteiger partial charge in [0.2, 0.25) is 0 Å². The van der Waals surface area contributed by atoms with Crippen LogP contribution in [0.25, 0.3) is 0 Å². The number of hydrogen-bond donors (Lipinski definition) is 0. The smallest absolute Gasteiger partial charge is 0.344 e. The van der Waals surface area contributed by atoms with E-state index in [0.29, 0.717) is 22.1 Å². The van der Waals surface area contributed by atoms with Gasteiger partial charge in [0.1, 0.15) is 11.5 Å². The van der Waals surface area contributed by atoms with Crippen molar-refractivity contribution >= 4 is 23.4 Å². The SMILES string of the molecule is COc1ccc(C(=O)COC(=O)COc2ccc(C)cc2C)cc1Cl. The molecule has 0 aromatic heterocycles. The lowest BCUT2D eigenvalue weighted by molar-refractivity contribution is -0.144. The van der Waals surface area contributed by atoms with Gasteiger partial charge in [-0.3, -0.25) is 4.79 Å². The monoisotopic (exact) mass is 362 g/mol. The molecule has 5 nitrogen and oxygen atoms in total. The zero-order valence-electron chi connectivity index (χ0n) is 14.3. The summed E-state index contributed by atoms with van der Waals surface area (Å²) in [5, 5.41) is 0.317. The molecule has 0 fully saturated rings. The molecule has 0 saturated heterocycles. The number of benzene rings is 2. The Kier molecular flexibility index (Phi) is 6.42. The summed E-state index contributed by atoms with van der Waals surface area (Å²) in [5.41, 5.74) is 2.38. The van der Waals surface area contributed by atoms with Crippen molar-refractivity contribution in [3.05, 3.63) is 58.1 Å². The first kappa shape index (κ1) is 18.8. The molecule has 0 N–H and O–H groups in total. The van der Waals surface area contributed by atoms with Gasteiger partial charge in [0.15, 0.2) is 19.0 Å². The summed E-state index contributed by atoms with van der Waals surface area (Å²) in [7, 11) is 1.49. The number of esters is 1. The average molecular weight is 363 g/mol. The van der Waals surface area contributed by atoms with Crippen LogP contribution in [0.2, 0.25) is 5.02 Å². The third-order valence-corrected chi connectivity index (χ3v) is 3.81. The highest BCUT2D eigenvalue weighted by Crippen LogP contribution is 2.25.